The van der Waals surface area contributed by atoms with Crippen LogP contribution in [0, 0.1) is 13.8 Å². The molecular formula is C20H22N2O4. The lowest BCUT2D eigenvalue weighted by molar-refractivity contribution is -0.135. The van der Waals surface area contributed by atoms with Crippen LogP contribution in [0.1, 0.15) is 50.2 Å². The Kier molecular flexibility index (Phi) is 4.93. The van der Waals surface area contributed by atoms with Crippen molar-refractivity contribution in [1.82, 2.24) is 9.88 Å². The number of aromatic amines is 1. The highest BCUT2D eigenvalue weighted by Crippen LogP contribution is 2.20. The predicted molar refractivity (Wildman–Crippen MR) is 96.1 cm³/mol. The molecule has 1 amide bonds. The summed E-state index contributed by atoms with van der Waals surface area (Å²) in [7, 11) is 0. The van der Waals surface area contributed by atoms with Gasteiger partial charge in [0.25, 0.3) is 5.91 Å². The zero-order chi connectivity index (χ0) is 18.8. The number of aryl methyl sites for hydroxylation is 1. The Morgan fingerprint density at radius 1 is 1.15 bits per heavy atom. The van der Waals surface area contributed by atoms with Gasteiger partial charge in [-0.05, 0) is 43.9 Å². The Labute approximate surface area is 152 Å². The molecule has 6 nitrogen and oxygen atoms in total. The van der Waals surface area contributed by atoms with Crippen LogP contribution in [0.25, 0.3) is 0 Å². The molecule has 0 bridgehead atoms. The van der Waals surface area contributed by atoms with Crippen LogP contribution in [0.4, 0.5) is 0 Å². The number of nitrogens with one attached hydrogen (secondary N) is 1. The van der Waals surface area contributed by atoms with Crippen molar-refractivity contribution in [2.75, 3.05) is 13.2 Å². The minimum absolute atomic E-state index is 0.113. The Bertz CT molecular complexity index is 882. The number of Topliss-reactive ketones (excluding diaryl/α,β-unsaturated/α-hetero) is 1. The molecule has 3 rings (SSSR count). The maximum Gasteiger partial charge on any atom is 0.355 e. The molecule has 0 saturated carbocycles. The number of esters is 1. The lowest BCUT2D eigenvalue weighted by Crippen LogP contribution is -2.38. The summed E-state index contributed by atoms with van der Waals surface area (Å²) in [5.41, 5.74) is 4.28. The van der Waals surface area contributed by atoms with E-state index >= 15 is 0 Å². The molecule has 1 aromatic carbocycles. The van der Waals surface area contributed by atoms with Crippen molar-refractivity contribution in [3.63, 3.8) is 0 Å². The first-order valence-electron chi connectivity index (χ1n) is 8.60. The summed E-state index contributed by atoms with van der Waals surface area (Å²) in [4.78, 5) is 40.9. The van der Waals surface area contributed by atoms with Crippen LogP contribution in [-0.2, 0) is 22.5 Å². The van der Waals surface area contributed by atoms with Crippen LogP contribution in [0.2, 0.25) is 0 Å². The molecule has 1 aliphatic heterocycles. The van der Waals surface area contributed by atoms with Crippen molar-refractivity contribution in [2.24, 2.45) is 0 Å². The van der Waals surface area contributed by atoms with Crippen LogP contribution in [0.5, 0.6) is 0 Å². The summed E-state index contributed by atoms with van der Waals surface area (Å²) in [5.74, 6) is -0.956. The molecule has 2 heterocycles. The normalized spacial score (nSPS) is 13.3. The minimum Gasteiger partial charge on any atom is -0.451 e. The molecule has 1 aliphatic rings. The molecule has 0 fully saturated rings. The van der Waals surface area contributed by atoms with Gasteiger partial charge in [0.1, 0.15) is 5.69 Å². The van der Waals surface area contributed by atoms with E-state index in [0.717, 1.165) is 12.0 Å². The lowest BCUT2D eigenvalue weighted by atomic mass is 10.00. The number of aromatic nitrogens is 1. The van der Waals surface area contributed by atoms with Crippen LogP contribution in [0.15, 0.2) is 24.3 Å². The molecule has 0 atom stereocenters. The van der Waals surface area contributed by atoms with Gasteiger partial charge in [-0.15, -0.1) is 0 Å². The third-order valence-corrected chi connectivity index (χ3v) is 4.80. The zero-order valence-corrected chi connectivity index (χ0v) is 15.2. The number of ketones is 1. The summed E-state index contributed by atoms with van der Waals surface area (Å²) in [5, 5.41) is 0. The Balaban J connectivity index is 1.63. The number of H-pyrrole nitrogens is 1. The standard InChI is InChI=1S/C20H22N2O4/c1-12-18(14(3)23)13(2)21-19(12)20(25)26-11-17(24)22-9-8-15-6-4-5-7-16(15)10-22/h4-7,21H,8-11H2,1-3H3. The second kappa shape index (κ2) is 7.15. The number of hydrogen-bond donors (Lipinski definition) is 1. The van der Waals surface area contributed by atoms with Gasteiger partial charge in [0, 0.05) is 24.3 Å². The molecular weight excluding hydrogens is 332 g/mol. The van der Waals surface area contributed by atoms with Crippen LogP contribution in [-0.4, -0.2) is 40.7 Å². The molecule has 136 valence electrons. The van der Waals surface area contributed by atoms with E-state index in [0.29, 0.717) is 29.9 Å². The number of carbonyl (C=O) groups is 3. The van der Waals surface area contributed by atoms with E-state index in [4.69, 9.17) is 4.74 Å². The first-order valence-corrected chi connectivity index (χ1v) is 8.60. The van der Waals surface area contributed by atoms with E-state index < -0.39 is 5.97 Å². The van der Waals surface area contributed by atoms with Crippen LogP contribution >= 0.6 is 0 Å². The second-order valence-corrected chi connectivity index (χ2v) is 6.59. The maximum absolute atomic E-state index is 12.4. The number of benzene rings is 1. The average molecular weight is 354 g/mol. The summed E-state index contributed by atoms with van der Waals surface area (Å²) in [6, 6.07) is 8.03. The van der Waals surface area contributed by atoms with E-state index in [-0.39, 0.29) is 24.0 Å². The van der Waals surface area contributed by atoms with E-state index in [1.165, 1.54) is 12.5 Å². The number of amides is 1. The molecule has 0 unspecified atom stereocenters. The van der Waals surface area contributed by atoms with E-state index in [1.807, 2.05) is 18.2 Å². The smallest absolute Gasteiger partial charge is 0.355 e. The fourth-order valence-electron chi connectivity index (χ4n) is 3.48. The molecule has 1 aromatic heterocycles. The number of rotatable bonds is 4. The molecule has 0 saturated heterocycles. The molecule has 6 heteroatoms. The average Bonchev–Trinajstić information content (AvgIpc) is 2.93. The summed E-state index contributed by atoms with van der Waals surface area (Å²) in [6.07, 6.45) is 0.798. The fraction of sp³-hybridized carbons (Fsp3) is 0.350. The topological polar surface area (TPSA) is 79.5 Å². The fourth-order valence-corrected chi connectivity index (χ4v) is 3.48. The molecule has 26 heavy (non-hydrogen) atoms. The second-order valence-electron chi connectivity index (χ2n) is 6.59. The number of carbonyl (C=O) groups excluding carboxylic acids is 3. The van der Waals surface area contributed by atoms with E-state index in [2.05, 4.69) is 11.1 Å². The third kappa shape index (κ3) is 3.40. The van der Waals surface area contributed by atoms with Gasteiger partial charge in [0.2, 0.25) is 0 Å². The SMILES string of the molecule is CC(=O)c1c(C)[nH]c(C(=O)OCC(=O)N2CCc3ccccc3C2)c1C. The van der Waals surface area contributed by atoms with Crippen molar-refractivity contribution in [1.29, 1.82) is 0 Å². The number of nitrogens with zero attached hydrogens (tertiary/aromatic N) is 1. The van der Waals surface area contributed by atoms with Crippen molar-refractivity contribution in [3.8, 4) is 0 Å². The highest BCUT2D eigenvalue weighted by Gasteiger charge is 2.24. The molecule has 0 radical (unpaired) electrons. The predicted octanol–water partition coefficient (Wildman–Crippen LogP) is 2.58. The van der Waals surface area contributed by atoms with Crippen molar-refractivity contribution >= 4 is 17.7 Å². The molecule has 1 N–H and O–H groups in total. The highest BCUT2D eigenvalue weighted by molar-refractivity contribution is 6.01. The number of hydrogen-bond acceptors (Lipinski definition) is 4. The van der Waals surface area contributed by atoms with Gasteiger partial charge >= 0.3 is 5.97 Å². The largest absolute Gasteiger partial charge is 0.451 e. The van der Waals surface area contributed by atoms with Gasteiger partial charge in [-0.2, -0.15) is 0 Å². The minimum atomic E-state index is -0.621. The Hall–Kier alpha value is -2.89. The van der Waals surface area contributed by atoms with Gasteiger partial charge in [0.15, 0.2) is 12.4 Å². The van der Waals surface area contributed by atoms with Gasteiger partial charge in [0.05, 0.1) is 0 Å². The number of fused-ring (bicyclic) bond motifs is 1. The third-order valence-electron chi connectivity index (χ3n) is 4.80. The Morgan fingerprint density at radius 3 is 2.50 bits per heavy atom. The monoisotopic (exact) mass is 354 g/mol. The van der Waals surface area contributed by atoms with Gasteiger partial charge < -0.3 is 14.6 Å². The first kappa shape index (κ1) is 17.9. The molecule has 0 aliphatic carbocycles. The Morgan fingerprint density at radius 2 is 1.85 bits per heavy atom. The number of ether oxygens (including phenoxy) is 1. The summed E-state index contributed by atoms with van der Waals surface area (Å²) in [6.45, 7) is 5.71. The van der Waals surface area contributed by atoms with Crippen molar-refractivity contribution in [3.05, 3.63) is 57.9 Å². The van der Waals surface area contributed by atoms with Gasteiger partial charge in [-0.1, -0.05) is 24.3 Å². The zero-order valence-electron chi connectivity index (χ0n) is 15.2. The van der Waals surface area contributed by atoms with Crippen molar-refractivity contribution < 1.29 is 19.1 Å². The quantitative estimate of drug-likeness (QED) is 0.676. The maximum atomic E-state index is 12.4. The molecule has 2 aromatic rings. The van der Waals surface area contributed by atoms with Gasteiger partial charge in [-0.3, -0.25) is 9.59 Å². The molecule has 0 spiro atoms. The van der Waals surface area contributed by atoms with Crippen LogP contribution < -0.4 is 0 Å². The van der Waals surface area contributed by atoms with Gasteiger partial charge in [-0.25, -0.2) is 4.79 Å². The lowest BCUT2D eigenvalue weighted by Gasteiger charge is -2.28. The van der Waals surface area contributed by atoms with Crippen LogP contribution in [0.3, 0.4) is 0 Å². The van der Waals surface area contributed by atoms with E-state index in [9.17, 15) is 14.4 Å². The van der Waals surface area contributed by atoms with E-state index in [1.54, 1.807) is 18.7 Å². The van der Waals surface area contributed by atoms with Crippen molar-refractivity contribution in [2.45, 2.75) is 33.7 Å². The highest BCUT2D eigenvalue weighted by atomic mass is 16.5. The summed E-state index contributed by atoms with van der Waals surface area (Å²) < 4.78 is 5.19. The summed E-state index contributed by atoms with van der Waals surface area (Å²) >= 11 is 0. The first-order chi connectivity index (χ1) is 12.4.